The molecule has 0 aliphatic heterocycles. The summed E-state index contributed by atoms with van der Waals surface area (Å²) in [4.78, 5) is 12.3. The molecule has 0 aliphatic carbocycles. The Hall–Kier alpha value is -1.42. The van der Waals surface area contributed by atoms with Crippen molar-refractivity contribution in [3.63, 3.8) is 0 Å². The molecule has 0 heterocycles. The van der Waals surface area contributed by atoms with Gasteiger partial charge in [0.1, 0.15) is 4.99 Å². The van der Waals surface area contributed by atoms with E-state index in [1.807, 2.05) is 12.1 Å². The zero-order chi connectivity index (χ0) is 9.84. The standard InChI is InChI=1S/C9H10N2OS/c1-11(6-12)8-5-3-2-4-7(8)9(10)13/h2-6H,1H3,(H2,10,13). The second-order valence-corrected chi connectivity index (χ2v) is 3.04. The fourth-order valence-corrected chi connectivity index (χ4v) is 1.22. The average molecular weight is 194 g/mol. The third-order valence-electron chi connectivity index (χ3n) is 1.71. The molecule has 0 aromatic heterocycles. The molecule has 1 rings (SSSR count). The maximum atomic E-state index is 10.5. The number of amides is 1. The lowest BCUT2D eigenvalue weighted by Gasteiger charge is -2.14. The number of carbonyl (C=O) groups is 1. The number of para-hydroxylation sites is 1. The van der Waals surface area contributed by atoms with Gasteiger partial charge < -0.3 is 10.6 Å². The average Bonchev–Trinajstić information content (AvgIpc) is 2.16. The van der Waals surface area contributed by atoms with Crippen LogP contribution in [0.15, 0.2) is 24.3 Å². The van der Waals surface area contributed by atoms with Crippen LogP contribution in [0.5, 0.6) is 0 Å². The van der Waals surface area contributed by atoms with Crippen molar-refractivity contribution in [3.8, 4) is 0 Å². The van der Waals surface area contributed by atoms with Gasteiger partial charge in [-0.2, -0.15) is 0 Å². The molecule has 4 heteroatoms. The van der Waals surface area contributed by atoms with Crippen molar-refractivity contribution in [1.82, 2.24) is 0 Å². The Kier molecular flexibility index (Phi) is 2.97. The lowest BCUT2D eigenvalue weighted by Crippen LogP contribution is -2.19. The van der Waals surface area contributed by atoms with Gasteiger partial charge >= 0.3 is 0 Å². The summed E-state index contributed by atoms with van der Waals surface area (Å²) in [6.45, 7) is 0. The second kappa shape index (κ2) is 4.00. The summed E-state index contributed by atoms with van der Waals surface area (Å²) in [5.74, 6) is 0. The molecule has 3 nitrogen and oxygen atoms in total. The molecule has 0 spiro atoms. The summed E-state index contributed by atoms with van der Waals surface area (Å²) >= 11 is 4.85. The maximum absolute atomic E-state index is 10.5. The Labute approximate surface area is 82.1 Å². The summed E-state index contributed by atoms with van der Waals surface area (Å²) in [6, 6.07) is 7.24. The van der Waals surface area contributed by atoms with Crippen LogP contribution in [-0.4, -0.2) is 18.4 Å². The molecule has 1 aromatic rings. The first-order valence-corrected chi connectivity index (χ1v) is 4.14. The van der Waals surface area contributed by atoms with E-state index in [1.165, 1.54) is 4.90 Å². The lowest BCUT2D eigenvalue weighted by molar-refractivity contribution is -0.107. The summed E-state index contributed by atoms with van der Waals surface area (Å²) in [5, 5.41) is 0. The molecular formula is C9H10N2OS. The quantitative estimate of drug-likeness (QED) is 0.574. The molecule has 0 fully saturated rings. The van der Waals surface area contributed by atoms with Crippen molar-refractivity contribution >= 4 is 29.3 Å². The first kappa shape index (κ1) is 9.67. The van der Waals surface area contributed by atoms with Gasteiger partial charge in [-0.3, -0.25) is 4.79 Å². The van der Waals surface area contributed by atoms with Gasteiger partial charge in [-0.05, 0) is 12.1 Å². The van der Waals surface area contributed by atoms with Crippen LogP contribution in [0, 0.1) is 0 Å². The van der Waals surface area contributed by atoms with Gasteiger partial charge in [-0.25, -0.2) is 0 Å². The molecule has 1 aromatic carbocycles. The highest BCUT2D eigenvalue weighted by Crippen LogP contribution is 2.17. The second-order valence-electron chi connectivity index (χ2n) is 2.60. The Morgan fingerprint density at radius 2 is 2.15 bits per heavy atom. The summed E-state index contributed by atoms with van der Waals surface area (Å²) in [7, 11) is 1.66. The maximum Gasteiger partial charge on any atom is 0.213 e. The van der Waals surface area contributed by atoms with Crippen molar-refractivity contribution in [2.24, 2.45) is 5.73 Å². The van der Waals surface area contributed by atoms with Crippen molar-refractivity contribution < 1.29 is 4.79 Å². The molecule has 0 aliphatic rings. The van der Waals surface area contributed by atoms with E-state index in [0.717, 1.165) is 12.1 Å². The van der Waals surface area contributed by atoms with Crippen LogP contribution < -0.4 is 10.6 Å². The van der Waals surface area contributed by atoms with Crippen LogP contribution in [0.1, 0.15) is 5.56 Å². The lowest BCUT2D eigenvalue weighted by atomic mass is 10.1. The largest absolute Gasteiger partial charge is 0.389 e. The van der Waals surface area contributed by atoms with Gasteiger partial charge in [0.15, 0.2) is 0 Å². The molecule has 68 valence electrons. The minimum atomic E-state index is 0.296. The fraction of sp³-hybridized carbons (Fsp3) is 0.111. The first-order chi connectivity index (χ1) is 6.16. The van der Waals surface area contributed by atoms with Gasteiger partial charge in [-0.1, -0.05) is 24.4 Å². The summed E-state index contributed by atoms with van der Waals surface area (Å²) < 4.78 is 0. The molecule has 0 bridgehead atoms. The molecule has 13 heavy (non-hydrogen) atoms. The fourth-order valence-electron chi connectivity index (χ4n) is 1.05. The van der Waals surface area contributed by atoms with Crippen LogP contribution in [0.25, 0.3) is 0 Å². The molecule has 0 unspecified atom stereocenters. The van der Waals surface area contributed by atoms with Crippen molar-refractivity contribution in [1.29, 1.82) is 0 Å². The predicted octanol–water partition coefficient (Wildman–Crippen LogP) is 0.913. The van der Waals surface area contributed by atoms with Crippen LogP contribution in [0.2, 0.25) is 0 Å². The normalized spacial score (nSPS) is 9.31. The van der Waals surface area contributed by atoms with E-state index in [0.29, 0.717) is 10.6 Å². The van der Waals surface area contributed by atoms with Crippen molar-refractivity contribution in [2.45, 2.75) is 0 Å². The predicted molar refractivity (Wildman–Crippen MR) is 56.8 cm³/mol. The Morgan fingerprint density at radius 1 is 1.54 bits per heavy atom. The van der Waals surface area contributed by atoms with E-state index in [4.69, 9.17) is 18.0 Å². The van der Waals surface area contributed by atoms with Gasteiger partial charge in [-0.15, -0.1) is 0 Å². The van der Waals surface area contributed by atoms with Crippen LogP contribution in [-0.2, 0) is 4.79 Å². The monoisotopic (exact) mass is 194 g/mol. The summed E-state index contributed by atoms with van der Waals surface area (Å²) in [5.41, 5.74) is 6.94. The van der Waals surface area contributed by atoms with Crippen LogP contribution in [0.4, 0.5) is 5.69 Å². The SMILES string of the molecule is CN(C=O)c1ccccc1C(N)=S. The van der Waals surface area contributed by atoms with Crippen molar-refractivity contribution in [3.05, 3.63) is 29.8 Å². The van der Waals surface area contributed by atoms with E-state index < -0.39 is 0 Å². The molecule has 0 saturated carbocycles. The van der Waals surface area contributed by atoms with Crippen LogP contribution in [0.3, 0.4) is 0 Å². The topological polar surface area (TPSA) is 46.3 Å². The number of nitrogens with zero attached hydrogens (tertiary/aromatic N) is 1. The molecular weight excluding hydrogens is 184 g/mol. The van der Waals surface area contributed by atoms with E-state index in [9.17, 15) is 4.79 Å². The molecule has 0 radical (unpaired) electrons. The van der Waals surface area contributed by atoms with Gasteiger partial charge in [0.2, 0.25) is 6.41 Å². The highest BCUT2D eigenvalue weighted by molar-refractivity contribution is 7.80. The number of benzene rings is 1. The van der Waals surface area contributed by atoms with Crippen LogP contribution >= 0.6 is 12.2 Å². The Bertz CT molecular complexity index is 338. The third-order valence-corrected chi connectivity index (χ3v) is 1.93. The van der Waals surface area contributed by atoms with Gasteiger partial charge in [0.05, 0.1) is 5.69 Å². The van der Waals surface area contributed by atoms with Gasteiger partial charge in [0.25, 0.3) is 0 Å². The molecule has 0 saturated heterocycles. The number of hydrogen-bond donors (Lipinski definition) is 1. The number of thiocarbonyl (C=S) groups is 1. The zero-order valence-corrected chi connectivity index (χ0v) is 8.04. The van der Waals surface area contributed by atoms with E-state index in [-0.39, 0.29) is 0 Å². The number of rotatable bonds is 3. The zero-order valence-electron chi connectivity index (χ0n) is 7.23. The van der Waals surface area contributed by atoms with Gasteiger partial charge in [0, 0.05) is 12.6 Å². The molecule has 2 N–H and O–H groups in total. The van der Waals surface area contributed by atoms with E-state index in [1.54, 1.807) is 19.2 Å². The first-order valence-electron chi connectivity index (χ1n) is 3.73. The number of anilines is 1. The Balaban J connectivity index is 3.19. The smallest absolute Gasteiger partial charge is 0.213 e. The molecule has 0 atom stereocenters. The minimum absolute atomic E-state index is 0.296. The number of nitrogens with two attached hydrogens (primary N) is 1. The summed E-state index contributed by atoms with van der Waals surface area (Å²) in [6.07, 6.45) is 0.719. The highest BCUT2D eigenvalue weighted by atomic mass is 32.1. The minimum Gasteiger partial charge on any atom is -0.389 e. The van der Waals surface area contributed by atoms with Crippen molar-refractivity contribution in [2.75, 3.05) is 11.9 Å². The van der Waals surface area contributed by atoms with E-state index >= 15 is 0 Å². The van der Waals surface area contributed by atoms with E-state index in [2.05, 4.69) is 0 Å². The Morgan fingerprint density at radius 3 is 2.69 bits per heavy atom. The number of hydrogen-bond acceptors (Lipinski definition) is 2. The molecule has 1 amide bonds. The number of carbonyl (C=O) groups excluding carboxylic acids is 1. The third kappa shape index (κ3) is 2.03. The highest BCUT2D eigenvalue weighted by Gasteiger charge is 2.06.